The molecule has 90 valence electrons. The van der Waals surface area contributed by atoms with Crippen molar-refractivity contribution >= 4 is 15.9 Å². The Balaban J connectivity index is 2.57. The molecular formula is C10H9BrF4O. The van der Waals surface area contributed by atoms with Gasteiger partial charge >= 0.3 is 6.18 Å². The molecule has 16 heavy (non-hydrogen) atoms. The maximum Gasteiger partial charge on any atom is 0.392 e. The molecule has 0 aliphatic carbocycles. The fraction of sp³-hybridized carbons (Fsp3) is 0.400. The molecule has 0 heterocycles. The Hall–Kier alpha value is -0.780. The fourth-order valence-electron chi connectivity index (χ4n) is 1.07. The van der Waals surface area contributed by atoms with Crippen molar-refractivity contribution in [2.45, 2.75) is 17.9 Å². The van der Waals surface area contributed by atoms with Crippen molar-refractivity contribution in [2.24, 2.45) is 0 Å². The monoisotopic (exact) mass is 300 g/mol. The van der Waals surface area contributed by atoms with Gasteiger partial charge < -0.3 is 4.74 Å². The zero-order valence-corrected chi connectivity index (χ0v) is 9.74. The number of halogens is 5. The van der Waals surface area contributed by atoms with Gasteiger partial charge in [0.15, 0.2) is 0 Å². The van der Waals surface area contributed by atoms with Crippen molar-refractivity contribution in [3.8, 4) is 5.75 Å². The lowest BCUT2D eigenvalue weighted by Gasteiger charge is -2.09. The number of hydrogen-bond donors (Lipinski definition) is 0. The largest absolute Gasteiger partial charge is 0.493 e. The molecule has 0 bridgehead atoms. The first-order valence-electron chi connectivity index (χ1n) is 4.46. The number of ether oxygens (including phenoxy) is 1. The Morgan fingerprint density at radius 2 is 1.88 bits per heavy atom. The highest BCUT2D eigenvalue weighted by Gasteiger charge is 2.26. The molecule has 0 aliphatic heterocycles. The number of benzene rings is 1. The van der Waals surface area contributed by atoms with Crippen LogP contribution < -0.4 is 4.74 Å². The third kappa shape index (κ3) is 4.83. The number of rotatable bonds is 4. The Morgan fingerprint density at radius 3 is 2.44 bits per heavy atom. The summed E-state index contributed by atoms with van der Waals surface area (Å²) in [6.45, 7) is -0.505. The molecule has 0 saturated heterocycles. The van der Waals surface area contributed by atoms with E-state index >= 15 is 0 Å². The molecule has 0 aliphatic rings. The minimum atomic E-state index is -4.26. The van der Waals surface area contributed by atoms with Crippen LogP contribution in [0.15, 0.2) is 18.2 Å². The van der Waals surface area contributed by atoms with Crippen LogP contribution >= 0.6 is 15.9 Å². The Bertz CT molecular complexity index is 351. The molecule has 0 saturated carbocycles. The maximum absolute atomic E-state index is 13.0. The number of alkyl halides is 4. The van der Waals surface area contributed by atoms with E-state index in [-0.39, 0.29) is 5.75 Å². The molecule has 0 fully saturated rings. The first kappa shape index (κ1) is 13.3. The molecule has 1 rings (SSSR count). The minimum Gasteiger partial charge on any atom is -0.493 e. The van der Waals surface area contributed by atoms with Gasteiger partial charge in [0.2, 0.25) is 0 Å². The third-order valence-electron chi connectivity index (χ3n) is 1.74. The SMILES string of the molecule is Fc1cc(CBr)cc(OCCC(F)(F)F)c1. The molecule has 0 unspecified atom stereocenters. The zero-order chi connectivity index (χ0) is 12.2. The molecule has 0 spiro atoms. The van der Waals surface area contributed by atoms with E-state index in [0.29, 0.717) is 10.9 Å². The van der Waals surface area contributed by atoms with Crippen LogP contribution in [-0.4, -0.2) is 12.8 Å². The van der Waals surface area contributed by atoms with Gasteiger partial charge in [-0.3, -0.25) is 0 Å². The molecule has 0 radical (unpaired) electrons. The van der Waals surface area contributed by atoms with Gasteiger partial charge in [0, 0.05) is 11.4 Å². The maximum atomic E-state index is 13.0. The van der Waals surface area contributed by atoms with E-state index in [4.69, 9.17) is 4.74 Å². The van der Waals surface area contributed by atoms with Crippen molar-refractivity contribution in [3.63, 3.8) is 0 Å². The van der Waals surface area contributed by atoms with Gasteiger partial charge in [0.05, 0.1) is 13.0 Å². The summed E-state index contributed by atoms with van der Waals surface area (Å²) in [6, 6.07) is 3.84. The molecule has 1 aromatic rings. The molecule has 0 atom stereocenters. The van der Waals surface area contributed by atoms with E-state index in [2.05, 4.69) is 15.9 Å². The first-order valence-corrected chi connectivity index (χ1v) is 5.58. The lowest BCUT2D eigenvalue weighted by atomic mass is 10.2. The van der Waals surface area contributed by atoms with Crippen LogP contribution in [0, 0.1) is 5.82 Å². The molecule has 0 amide bonds. The molecule has 1 aromatic carbocycles. The normalized spacial score (nSPS) is 11.6. The van der Waals surface area contributed by atoms with E-state index in [1.165, 1.54) is 12.1 Å². The van der Waals surface area contributed by atoms with E-state index in [1.54, 1.807) is 0 Å². The summed E-state index contributed by atoms with van der Waals surface area (Å²) >= 11 is 3.12. The second kappa shape index (κ2) is 5.52. The van der Waals surface area contributed by atoms with Crippen molar-refractivity contribution in [3.05, 3.63) is 29.6 Å². The highest BCUT2D eigenvalue weighted by atomic mass is 79.9. The minimum absolute atomic E-state index is 0.110. The summed E-state index contributed by atoms with van der Waals surface area (Å²) in [6.07, 6.45) is -5.31. The van der Waals surface area contributed by atoms with Crippen molar-refractivity contribution < 1.29 is 22.3 Å². The summed E-state index contributed by atoms with van der Waals surface area (Å²) in [5.41, 5.74) is 0.613. The Kier molecular flexibility index (Phi) is 4.58. The van der Waals surface area contributed by atoms with Crippen molar-refractivity contribution in [1.82, 2.24) is 0 Å². The van der Waals surface area contributed by atoms with E-state index in [1.807, 2.05) is 0 Å². The van der Waals surface area contributed by atoms with Gasteiger partial charge in [0.1, 0.15) is 11.6 Å². The summed E-state index contributed by atoms with van der Waals surface area (Å²) in [5.74, 6) is -0.419. The van der Waals surface area contributed by atoms with E-state index in [0.717, 1.165) is 6.07 Å². The zero-order valence-electron chi connectivity index (χ0n) is 8.15. The van der Waals surface area contributed by atoms with Crippen LogP contribution in [0.4, 0.5) is 17.6 Å². The molecule has 6 heteroatoms. The van der Waals surface area contributed by atoms with Crippen LogP contribution in [0.2, 0.25) is 0 Å². The van der Waals surface area contributed by atoms with Gasteiger partial charge in [-0.25, -0.2) is 4.39 Å². The smallest absolute Gasteiger partial charge is 0.392 e. The predicted molar refractivity (Wildman–Crippen MR) is 55.2 cm³/mol. The summed E-state index contributed by atoms with van der Waals surface area (Å²) in [5, 5.41) is 0.417. The van der Waals surface area contributed by atoms with E-state index in [9.17, 15) is 17.6 Å². The van der Waals surface area contributed by atoms with Gasteiger partial charge in [-0.2, -0.15) is 13.2 Å². The third-order valence-corrected chi connectivity index (χ3v) is 2.39. The fourth-order valence-corrected chi connectivity index (χ4v) is 1.39. The van der Waals surface area contributed by atoms with Gasteiger partial charge in [-0.15, -0.1) is 0 Å². The lowest BCUT2D eigenvalue weighted by molar-refractivity contribution is -0.139. The highest BCUT2D eigenvalue weighted by Crippen LogP contribution is 2.22. The lowest BCUT2D eigenvalue weighted by Crippen LogP contribution is -2.13. The van der Waals surface area contributed by atoms with Crippen LogP contribution in [0.3, 0.4) is 0 Å². The van der Waals surface area contributed by atoms with Crippen molar-refractivity contribution in [2.75, 3.05) is 6.61 Å². The summed E-state index contributed by atoms with van der Waals surface area (Å²) < 4.78 is 53.2. The quantitative estimate of drug-likeness (QED) is 0.602. The second-order valence-corrected chi connectivity index (χ2v) is 3.70. The van der Waals surface area contributed by atoms with Crippen LogP contribution in [0.1, 0.15) is 12.0 Å². The van der Waals surface area contributed by atoms with Gasteiger partial charge in [-0.1, -0.05) is 15.9 Å². The number of hydrogen-bond acceptors (Lipinski definition) is 1. The predicted octanol–water partition coefficient (Wildman–Crippen LogP) is 4.05. The highest BCUT2D eigenvalue weighted by molar-refractivity contribution is 9.08. The van der Waals surface area contributed by atoms with Gasteiger partial charge in [-0.05, 0) is 17.7 Å². The summed E-state index contributed by atoms with van der Waals surface area (Å²) in [4.78, 5) is 0. The Morgan fingerprint density at radius 1 is 1.19 bits per heavy atom. The molecule has 0 N–H and O–H groups in total. The van der Waals surface area contributed by atoms with Crippen LogP contribution in [-0.2, 0) is 5.33 Å². The topological polar surface area (TPSA) is 9.23 Å². The first-order chi connectivity index (χ1) is 7.40. The van der Waals surface area contributed by atoms with E-state index < -0.39 is 25.0 Å². The molecule has 1 nitrogen and oxygen atoms in total. The standard InChI is InChI=1S/C10H9BrF4O/c11-6-7-3-8(12)5-9(4-7)16-2-1-10(13,14)15/h3-5H,1-2,6H2. The molecule has 0 aromatic heterocycles. The second-order valence-electron chi connectivity index (χ2n) is 3.14. The summed E-state index contributed by atoms with van der Waals surface area (Å²) in [7, 11) is 0. The van der Waals surface area contributed by atoms with Crippen LogP contribution in [0.25, 0.3) is 0 Å². The Labute approximate surface area is 98.5 Å². The average Bonchev–Trinajstić information content (AvgIpc) is 2.14. The average molecular weight is 301 g/mol. The van der Waals surface area contributed by atoms with Crippen molar-refractivity contribution in [1.29, 1.82) is 0 Å². The van der Waals surface area contributed by atoms with Gasteiger partial charge in [0.25, 0.3) is 0 Å². The van der Waals surface area contributed by atoms with Crippen LogP contribution in [0.5, 0.6) is 5.75 Å². The molecular weight excluding hydrogens is 292 g/mol.